The molecule has 0 saturated carbocycles. The lowest BCUT2D eigenvalue weighted by molar-refractivity contribution is 0.261. The Labute approximate surface area is 346 Å². The molecule has 2 aliphatic heterocycles. The molecule has 14 nitrogen and oxygen atoms in total. The molecule has 4 aromatic heterocycles. The number of ether oxygens (including phenoxy) is 2. The maximum atomic E-state index is 9.07. The molecule has 0 spiro atoms. The zero-order valence-electron chi connectivity index (χ0n) is 32.6. The summed E-state index contributed by atoms with van der Waals surface area (Å²) in [5.74, 6) is 2.74. The number of rotatable bonds is 12. The number of aromatic nitrogens is 6. The van der Waals surface area contributed by atoms with Gasteiger partial charge in [0, 0.05) is 124 Å². The Balaban J connectivity index is 0.000000177. The van der Waals surface area contributed by atoms with E-state index in [1.807, 2.05) is 54.7 Å². The number of piperazine rings is 2. The summed E-state index contributed by atoms with van der Waals surface area (Å²) < 4.78 is 19.3. The van der Waals surface area contributed by atoms with Gasteiger partial charge in [-0.05, 0) is 66.4 Å². The van der Waals surface area contributed by atoms with E-state index in [1.165, 1.54) is 34.2 Å². The smallest absolute Gasteiger partial charge is 0.213 e. The highest BCUT2D eigenvalue weighted by Crippen LogP contribution is 2.27. The maximum Gasteiger partial charge on any atom is 0.213 e. The number of pyridine rings is 2. The average Bonchev–Trinajstić information content (AvgIpc) is 4.00. The topological polar surface area (TPSA) is 156 Å². The van der Waals surface area contributed by atoms with Crippen molar-refractivity contribution in [3.8, 4) is 46.7 Å². The lowest BCUT2D eigenvalue weighted by Crippen LogP contribution is -2.47. The van der Waals surface area contributed by atoms with E-state index in [2.05, 4.69) is 56.5 Å². The van der Waals surface area contributed by atoms with Crippen molar-refractivity contribution in [2.24, 2.45) is 0 Å². The molecule has 58 heavy (non-hydrogen) atoms. The highest BCUT2D eigenvalue weighted by Gasteiger charge is 2.22. The Morgan fingerprint density at radius 2 is 1.21 bits per heavy atom. The quantitative estimate of drug-likeness (QED) is 0.149. The second-order valence-corrected chi connectivity index (χ2v) is 15.2. The molecule has 6 heterocycles. The Morgan fingerprint density at radius 1 is 0.603 bits per heavy atom. The monoisotopic (exact) mass is 812 g/mol. The van der Waals surface area contributed by atoms with Crippen molar-refractivity contribution in [1.82, 2.24) is 38.5 Å². The van der Waals surface area contributed by atoms with Gasteiger partial charge in [0.25, 0.3) is 0 Å². The molecule has 16 heteroatoms. The van der Waals surface area contributed by atoms with Gasteiger partial charge < -0.3 is 19.3 Å². The van der Waals surface area contributed by atoms with Crippen LogP contribution in [0.1, 0.15) is 22.3 Å². The number of hydrogen-bond acceptors (Lipinski definition) is 16. The zero-order valence-corrected chi connectivity index (χ0v) is 34.2. The van der Waals surface area contributed by atoms with Crippen molar-refractivity contribution in [2.45, 2.75) is 12.8 Å². The van der Waals surface area contributed by atoms with Crippen molar-refractivity contribution in [3.05, 3.63) is 107 Å². The highest BCUT2D eigenvalue weighted by molar-refractivity contribution is 7.10. The molecule has 0 N–H and O–H groups in total. The van der Waals surface area contributed by atoms with Crippen LogP contribution >= 0.6 is 23.1 Å². The summed E-state index contributed by atoms with van der Waals surface area (Å²) in [6.07, 6.45) is 5.65. The van der Waals surface area contributed by atoms with Gasteiger partial charge in [-0.3, -0.25) is 9.80 Å². The average molecular weight is 813 g/mol. The van der Waals surface area contributed by atoms with Crippen LogP contribution in [0, 0.1) is 22.7 Å². The first kappa shape index (κ1) is 40.2. The molecule has 0 unspecified atom stereocenters. The van der Waals surface area contributed by atoms with Crippen LogP contribution in [0.15, 0.2) is 85.2 Å². The second kappa shape index (κ2) is 19.9. The molecule has 0 radical (unpaired) electrons. The minimum absolute atomic E-state index is 0.625. The molecule has 0 amide bonds. The van der Waals surface area contributed by atoms with Crippen molar-refractivity contribution in [2.75, 3.05) is 89.5 Å². The first-order valence-corrected chi connectivity index (χ1v) is 20.7. The van der Waals surface area contributed by atoms with E-state index < -0.39 is 0 Å². The summed E-state index contributed by atoms with van der Waals surface area (Å²) in [5, 5.41) is 19.9. The van der Waals surface area contributed by atoms with Crippen molar-refractivity contribution in [3.63, 3.8) is 0 Å². The van der Waals surface area contributed by atoms with E-state index >= 15 is 0 Å². The van der Waals surface area contributed by atoms with Crippen LogP contribution in [0.25, 0.3) is 22.8 Å². The maximum absolute atomic E-state index is 9.07. The fourth-order valence-electron chi connectivity index (χ4n) is 6.64. The number of nitrogens with zero attached hydrogens (tertiary/aromatic N) is 12. The summed E-state index contributed by atoms with van der Waals surface area (Å²) in [5.41, 5.74) is 5.57. The third-order valence-electron chi connectivity index (χ3n) is 10.1. The predicted molar refractivity (Wildman–Crippen MR) is 226 cm³/mol. The van der Waals surface area contributed by atoms with Crippen LogP contribution < -0.4 is 19.3 Å². The fourth-order valence-corrected chi connectivity index (χ4v) is 8.12. The van der Waals surface area contributed by atoms with Gasteiger partial charge in [0.1, 0.15) is 0 Å². The van der Waals surface area contributed by atoms with Crippen LogP contribution in [0.4, 0.5) is 10.3 Å². The van der Waals surface area contributed by atoms with Gasteiger partial charge in [-0.2, -0.15) is 29.2 Å². The number of nitriles is 2. The van der Waals surface area contributed by atoms with Crippen LogP contribution in [0.5, 0.6) is 11.8 Å². The van der Waals surface area contributed by atoms with Crippen LogP contribution in [-0.2, 0) is 12.8 Å². The summed E-state index contributed by atoms with van der Waals surface area (Å²) in [6, 6.07) is 27.2. The molecule has 0 bridgehead atoms. The largest absolute Gasteiger partial charge is 0.481 e. The van der Waals surface area contributed by atoms with E-state index in [9.17, 15) is 0 Å². The third kappa shape index (κ3) is 10.7. The first-order chi connectivity index (χ1) is 28.5. The van der Waals surface area contributed by atoms with Gasteiger partial charge in [-0.25, -0.2) is 9.97 Å². The van der Waals surface area contributed by atoms with Gasteiger partial charge in [-0.15, -0.1) is 0 Å². The van der Waals surface area contributed by atoms with Gasteiger partial charge in [0.2, 0.25) is 22.0 Å². The standard InChI is InChI=1S/2C21H22N6OS/c1-28-19-14-16(6-8-23-19)7-9-26-10-12-27(13-11-26)21-24-20(25-29-21)18-4-2-17(15-22)3-5-18;1-28-19-6-5-16(15-23-19)7-8-26-9-11-27(12-10-26)21-24-20(25-29-21)18-4-2-3-17(13-18)14-22/h2-6,8,14H,7,9-13H2,1H3;2-6,13,15H,7-12H2,1H3. The summed E-state index contributed by atoms with van der Waals surface area (Å²) in [4.78, 5) is 27.4. The molecule has 2 aliphatic rings. The summed E-state index contributed by atoms with van der Waals surface area (Å²) in [6.45, 7) is 9.83. The Bertz CT molecular complexity index is 2300. The minimum atomic E-state index is 0.625. The first-order valence-electron chi connectivity index (χ1n) is 19.1. The van der Waals surface area contributed by atoms with E-state index in [-0.39, 0.29) is 0 Å². The molecule has 8 rings (SSSR count). The van der Waals surface area contributed by atoms with Crippen molar-refractivity contribution < 1.29 is 9.47 Å². The van der Waals surface area contributed by atoms with Crippen LogP contribution in [0.3, 0.4) is 0 Å². The number of anilines is 2. The Morgan fingerprint density at radius 3 is 1.78 bits per heavy atom. The normalized spacial score (nSPS) is 14.6. The van der Waals surface area contributed by atoms with Crippen molar-refractivity contribution >= 4 is 33.3 Å². The molecule has 6 aromatic rings. The molecule has 0 atom stereocenters. The van der Waals surface area contributed by atoms with E-state index in [4.69, 9.17) is 30.0 Å². The second-order valence-electron chi connectivity index (χ2n) is 13.8. The molecule has 2 saturated heterocycles. The lowest BCUT2D eigenvalue weighted by atomic mass is 10.1. The van der Waals surface area contributed by atoms with Crippen molar-refractivity contribution in [1.29, 1.82) is 10.5 Å². The number of benzene rings is 2. The summed E-state index contributed by atoms with van der Waals surface area (Å²) >= 11 is 2.86. The fraction of sp³-hybridized carbons (Fsp3) is 0.333. The van der Waals surface area contributed by atoms with E-state index in [0.717, 1.165) is 106 Å². The lowest BCUT2D eigenvalue weighted by Gasteiger charge is -2.34. The zero-order chi connectivity index (χ0) is 40.1. The van der Waals surface area contributed by atoms with Gasteiger partial charge in [0.15, 0.2) is 11.6 Å². The molecule has 2 fully saturated rings. The minimum Gasteiger partial charge on any atom is -0.481 e. The van der Waals surface area contributed by atoms with Crippen LogP contribution in [-0.4, -0.2) is 118 Å². The molecule has 0 aliphatic carbocycles. The third-order valence-corrected chi connectivity index (χ3v) is 11.6. The van der Waals surface area contributed by atoms with Gasteiger partial charge >= 0.3 is 0 Å². The van der Waals surface area contributed by atoms with Crippen LogP contribution in [0.2, 0.25) is 0 Å². The number of methoxy groups -OCH3 is 2. The molecular weight excluding hydrogens is 769 g/mol. The SMILES string of the molecule is COc1cc(CCN2CCN(c3nc(-c4ccc(C#N)cc4)ns3)CC2)ccn1.COc1ccc(CCN2CCN(c3nc(-c4cccc(C#N)c4)ns3)CC2)cn1. The molecular formula is C42H44N12O2S2. The summed E-state index contributed by atoms with van der Waals surface area (Å²) in [7, 11) is 3.28. The van der Waals surface area contributed by atoms with E-state index in [0.29, 0.717) is 28.7 Å². The Hall–Kier alpha value is -6.04. The highest BCUT2D eigenvalue weighted by atomic mass is 32.1. The van der Waals surface area contributed by atoms with Gasteiger partial charge in [-0.1, -0.05) is 18.2 Å². The van der Waals surface area contributed by atoms with Gasteiger partial charge in [0.05, 0.1) is 37.5 Å². The number of hydrogen-bond donors (Lipinski definition) is 0. The van der Waals surface area contributed by atoms with E-state index in [1.54, 1.807) is 38.6 Å². The Kier molecular flexibility index (Phi) is 13.8. The molecule has 296 valence electrons. The molecule has 2 aromatic carbocycles. The predicted octanol–water partition coefficient (Wildman–Crippen LogP) is 5.69.